The average molecular weight is 312 g/mol. The van der Waals surface area contributed by atoms with Crippen molar-refractivity contribution in [1.29, 1.82) is 0 Å². The number of halogens is 3. The molecule has 0 spiro atoms. The van der Waals surface area contributed by atoms with Crippen LogP contribution in [-0.4, -0.2) is 0 Å². The molecule has 0 bridgehead atoms. The summed E-state index contributed by atoms with van der Waals surface area (Å²) in [5.41, 5.74) is 2.48. The second-order valence-corrected chi connectivity index (χ2v) is 5.58. The Morgan fingerprint density at radius 3 is 2.50 bits per heavy atom. The number of rotatable bonds is 4. The Balaban J connectivity index is 2.26. The predicted octanol–water partition coefficient (Wildman–Crippen LogP) is 6.00. The maximum Gasteiger partial charge on any atom is 0.126 e. The number of anilines is 1. The van der Waals surface area contributed by atoms with Crippen LogP contribution in [0.4, 0.5) is 10.1 Å². The Labute approximate surface area is 128 Å². The van der Waals surface area contributed by atoms with Gasteiger partial charge in [-0.3, -0.25) is 0 Å². The molecule has 0 saturated heterocycles. The van der Waals surface area contributed by atoms with E-state index in [2.05, 4.69) is 12.2 Å². The van der Waals surface area contributed by atoms with Gasteiger partial charge in [-0.15, -0.1) is 0 Å². The van der Waals surface area contributed by atoms with Gasteiger partial charge in [0, 0.05) is 15.7 Å². The molecule has 0 aromatic heterocycles. The first kappa shape index (κ1) is 15.1. The van der Waals surface area contributed by atoms with Crippen LogP contribution in [0.15, 0.2) is 36.4 Å². The van der Waals surface area contributed by atoms with Crippen LogP contribution in [-0.2, 0) is 0 Å². The fraction of sp³-hybridized carbons (Fsp3) is 0.250. The third-order valence-electron chi connectivity index (χ3n) is 3.25. The Morgan fingerprint density at radius 1 is 1.15 bits per heavy atom. The van der Waals surface area contributed by atoms with E-state index < -0.39 is 0 Å². The maximum atomic E-state index is 13.3. The van der Waals surface area contributed by atoms with Crippen LogP contribution < -0.4 is 5.32 Å². The van der Waals surface area contributed by atoms with Gasteiger partial charge in [-0.05, 0) is 54.8 Å². The molecule has 0 fully saturated rings. The van der Waals surface area contributed by atoms with Crippen molar-refractivity contribution in [3.63, 3.8) is 0 Å². The molecule has 0 saturated carbocycles. The Hall–Kier alpha value is -1.25. The minimum Gasteiger partial charge on any atom is -0.378 e. The van der Waals surface area contributed by atoms with Crippen molar-refractivity contribution in [3.8, 4) is 0 Å². The van der Waals surface area contributed by atoms with Gasteiger partial charge in [-0.2, -0.15) is 0 Å². The molecule has 106 valence electrons. The Kier molecular flexibility index (Phi) is 4.90. The van der Waals surface area contributed by atoms with E-state index in [-0.39, 0.29) is 11.9 Å². The Bertz CT molecular complexity index is 613. The van der Waals surface area contributed by atoms with E-state index in [1.54, 1.807) is 25.1 Å². The van der Waals surface area contributed by atoms with Crippen molar-refractivity contribution >= 4 is 28.9 Å². The maximum absolute atomic E-state index is 13.3. The monoisotopic (exact) mass is 311 g/mol. The molecule has 2 rings (SSSR count). The molecule has 0 aliphatic carbocycles. The third kappa shape index (κ3) is 3.44. The molecule has 2 aromatic rings. The lowest BCUT2D eigenvalue weighted by atomic mass is 10.0. The van der Waals surface area contributed by atoms with Crippen molar-refractivity contribution in [2.45, 2.75) is 26.3 Å². The molecule has 1 unspecified atom stereocenters. The molecule has 0 radical (unpaired) electrons. The summed E-state index contributed by atoms with van der Waals surface area (Å²) in [5, 5.41) is 4.63. The number of hydrogen-bond donors (Lipinski definition) is 1. The van der Waals surface area contributed by atoms with Crippen LogP contribution in [0.3, 0.4) is 0 Å². The quantitative estimate of drug-likeness (QED) is 0.729. The lowest BCUT2D eigenvalue weighted by molar-refractivity contribution is 0.618. The molecule has 1 atom stereocenters. The smallest absolute Gasteiger partial charge is 0.126 e. The zero-order chi connectivity index (χ0) is 14.7. The van der Waals surface area contributed by atoms with E-state index in [9.17, 15) is 4.39 Å². The number of hydrogen-bond acceptors (Lipinski definition) is 1. The number of aryl methyl sites for hydroxylation is 1. The van der Waals surface area contributed by atoms with Gasteiger partial charge in [0.25, 0.3) is 0 Å². The summed E-state index contributed by atoms with van der Waals surface area (Å²) in [6, 6.07) is 10.5. The molecular weight excluding hydrogens is 296 g/mol. The van der Waals surface area contributed by atoms with E-state index in [1.165, 1.54) is 6.07 Å². The van der Waals surface area contributed by atoms with E-state index in [0.717, 1.165) is 17.7 Å². The van der Waals surface area contributed by atoms with Crippen LogP contribution in [0.5, 0.6) is 0 Å². The van der Waals surface area contributed by atoms with Crippen LogP contribution in [0.1, 0.15) is 30.5 Å². The predicted molar refractivity (Wildman–Crippen MR) is 84.3 cm³/mol. The van der Waals surface area contributed by atoms with E-state index >= 15 is 0 Å². The molecule has 1 N–H and O–H groups in total. The van der Waals surface area contributed by atoms with E-state index in [4.69, 9.17) is 23.2 Å². The largest absolute Gasteiger partial charge is 0.378 e. The Morgan fingerprint density at radius 2 is 1.90 bits per heavy atom. The first-order valence-electron chi connectivity index (χ1n) is 6.49. The summed E-state index contributed by atoms with van der Waals surface area (Å²) in [6.45, 7) is 3.82. The van der Waals surface area contributed by atoms with Gasteiger partial charge in [0.1, 0.15) is 5.82 Å². The molecule has 2 aromatic carbocycles. The zero-order valence-electron chi connectivity index (χ0n) is 11.4. The molecular formula is C16H16Cl2FN. The minimum absolute atomic E-state index is 0.0598. The highest BCUT2D eigenvalue weighted by Gasteiger charge is 2.13. The SMILES string of the molecule is CCC(Nc1ccc(F)c(C)c1)c1ccc(Cl)cc1Cl. The molecule has 20 heavy (non-hydrogen) atoms. The second-order valence-electron chi connectivity index (χ2n) is 4.73. The standard InChI is InChI=1S/C16H16Cl2FN/c1-3-16(13-6-4-11(17)9-14(13)18)20-12-5-7-15(19)10(2)8-12/h4-9,16,20H,3H2,1-2H3. The molecule has 0 heterocycles. The summed E-state index contributed by atoms with van der Waals surface area (Å²) < 4.78 is 13.3. The summed E-state index contributed by atoms with van der Waals surface area (Å²) in [7, 11) is 0. The highest BCUT2D eigenvalue weighted by Crippen LogP contribution is 2.30. The van der Waals surface area contributed by atoms with Crippen LogP contribution in [0, 0.1) is 12.7 Å². The zero-order valence-corrected chi connectivity index (χ0v) is 12.9. The first-order chi connectivity index (χ1) is 9.51. The van der Waals surface area contributed by atoms with Gasteiger partial charge < -0.3 is 5.32 Å². The highest BCUT2D eigenvalue weighted by molar-refractivity contribution is 6.35. The van der Waals surface area contributed by atoms with Crippen LogP contribution in [0.2, 0.25) is 10.0 Å². The van der Waals surface area contributed by atoms with Gasteiger partial charge in [0.2, 0.25) is 0 Å². The van der Waals surface area contributed by atoms with Crippen molar-refractivity contribution in [2.75, 3.05) is 5.32 Å². The average Bonchev–Trinajstić information content (AvgIpc) is 2.41. The highest BCUT2D eigenvalue weighted by atomic mass is 35.5. The second kappa shape index (κ2) is 6.47. The number of nitrogens with one attached hydrogen (secondary N) is 1. The van der Waals surface area contributed by atoms with Crippen molar-refractivity contribution < 1.29 is 4.39 Å². The van der Waals surface area contributed by atoms with Crippen molar-refractivity contribution in [3.05, 3.63) is 63.4 Å². The summed E-state index contributed by atoms with van der Waals surface area (Å²) >= 11 is 12.2. The van der Waals surface area contributed by atoms with Crippen molar-refractivity contribution in [1.82, 2.24) is 0 Å². The summed E-state index contributed by atoms with van der Waals surface area (Å²) in [4.78, 5) is 0. The number of benzene rings is 2. The fourth-order valence-electron chi connectivity index (χ4n) is 2.12. The van der Waals surface area contributed by atoms with E-state index in [1.807, 2.05) is 12.1 Å². The molecule has 0 amide bonds. The molecule has 1 nitrogen and oxygen atoms in total. The van der Waals surface area contributed by atoms with Crippen LogP contribution in [0.25, 0.3) is 0 Å². The lowest BCUT2D eigenvalue weighted by Crippen LogP contribution is -2.10. The molecule has 4 heteroatoms. The summed E-state index contributed by atoms with van der Waals surface area (Å²) in [5.74, 6) is -0.201. The molecule has 0 aliphatic heterocycles. The van der Waals surface area contributed by atoms with E-state index in [0.29, 0.717) is 15.6 Å². The fourth-order valence-corrected chi connectivity index (χ4v) is 2.66. The lowest BCUT2D eigenvalue weighted by Gasteiger charge is -2.20. The first-order valence-corrected chi connectivity index (χ1v) is 7.24. The topological polar surface area (TPSA) is 12.0 Å². The van der Waals surface area contributed by atoms with Crippen LogP contribution >= 0.6 is 23.2 Å². The molecule has 0 aliphatic rings. The normalized spacial score (nSPS) is 12.2. The third-order valence-corrected chi connectivity index (χ3v) is 3.81. The minimum atomic E-state index is -0.201. The van der Waals surface area contributed by atoms with Gasteiger partial charge in [-0.25, -0.2) is 4.39 Å². The summed E-state index contributed by atoms with van der Waals surface area (Å²) in [6.07, 6.45) is 0.859. The van der Waals surface area contributed by atoms with Gasteiger partial charge >= 0.3 is 0 Å². The van der Waals surface area contributed by atoms with Gasteiger partial charge in [0.15, 0.2) is 0 Å². The van der Waals surface area contributed by atoms with Gasteiger partial charge in [-0.1, -0.05) is 36.2 Å². The van der Waals surface area contributed by atoms with Crippen molar-refractivity contribution in [2.24, 2.45) is 0 Å². The van der Waals surface area contributed by atoms with Gasteiger partial charge in [0.05, 0.1) is 6.04 Å².